The van der Waals surface area contributed by atoms with E-state index in [0.717, 1.165) is 5.56 Å². The second-order valence-electron chi connectivity index (χ2n) is 10.3. The van der Waals surface area contributed by atoms with Gasteiger partial charge in [-0.1, -0.05) is 45.0 Å². The lowest BCUT2D eigenvalue weighted by atomic mass is 9.85. The van der Waals surface area contributed by atoms with Crippen LogP contribution in [0.2, 0.25) is 0 Å². The highest BCUT2D eigenvalue weighted by Gasteiger charge is 2.47. The van der Waals surface area contributed by atoms with Crippen LogP contribution in [0, 0.1) is 0 Å². The van der Waals surface area contributed by atoms with Crippen molar-refractivity contribution in [2.75, 3.05) is 24.4 Å². The molecule has 1 aliphatic rings. The molecule has 0 radical (unpaired) electrons. The number of amides is 2. The quantitative estimate of drug-likeness (QED) is 0.246. The number of nitrogens with zero attached hydrogens (tertiary/aromatic N) is 1. The van der Waals surface area contributed by atoms with E-state index in [1.807, 2.05) is 24.3 Å². The Bertz CT molecular complexity index is 1450. The molecule has 0 bridgehead atoms. The average Bonchev–Trinajstić information content (AvgIpc) is 3.17. The Balaban J connectivity index is 1.93. The second-order valence-corrected chi connectivity index (χ2v) is 10.3. The summed E-state index contributed by atoms with van der Waals surface area (Å²) in [5.74, 6) is -1.43. The maximum Gasteiger partial charge on any atom is 0.300 e. The molecule has 2 N–H and O–H groups in total. The number of hydrogen-bond donors (Lipinski definition) is 2. The van der Waals surface area contributed by atoms with Crippen LogP contribution in [-0.2, 0) is 19.8 Å². The molecule has 4 rings (SSSR count). The molecule has 1 aliphatic heterocycles. The monoisotopic (exact) mass is 528 g/mol. The molecule has 3 aromatic rings. The summed E-state index contributed by atoms with van der Waals surface area (Å²) in [7, 11) is 2.95. The van der Waals surface area contributed by atoms with E-state index in [1.165, 1.54) is 26.0 Å². The van der Waals surface area contributed by atoms with Crippen molar-refractivity contribution >= 4 is 34.7 Å². The average molecular weight is 529 g/mol. The van der Waals surface area contributed by atoms with E-state index >= 15 is 0 Å². The maximum absolute atomic E-state index is 13.5. The number of hydrogen-bond acceptors (Lipinski definition) is 6. The van der Waals surface area contributed by atoms with E-state index in [2.05, 4.69) is 26.1 Å². The minimum atomic E-state index is -0.915. The fourth-order valence-electron chi connectivity index (χ4n) is 4.63. The van der Waals surface area contributed by atoms with Crippen molar-refractivity contribution < 1.29 is 29.0 Å². The van der Waals surface area contributed by atoms with Crippen molar-refractivity contribution in [3.8, 4) is 11.5 Å². The Morgan fingerprint density at radius 3 is 2.10 bits per heavy atom. The summed E-state index contributed by atoms with van der Waals surface area (Å²) < 4.78 is 10.8. The molecule has 0 aliphatic carbocycles. The van der Waals surface area contributed by atoms with Gasteiger partial charge in [0.1, 0.15) is 17.3 Å². The highest BCUT2D eigenvalue weighted by molar-refractivity contribution is 6.51. The predicted octanol–water partition coefficient (Wildman–Crippen LogP) is 5.59. The van der Waals surface area contributed by atoms with Gasteiger partial charge in [0, 0.05) is 18.3 Å². The highest BCUT2D eigenvalue weighted by atomic mass is 16.5. The molecule has 0 spiro atoms. The van der Waals surface area contributed by atoms with Gasteiger partial charge in [-0.15, -0.1) is 0 Å². The summed E-state index contributed by atoms with van der Waals surface area (Å²) >= 11 is 0. The number of benzene rings is 3. The lowest BCUT2D eigenvalue weighted by molar-refractivity contribution is -0.132. The largest absolute Gasteiger partial charge is 0.507 e. The van der Waals surface area contributed by atoms with Crippen LogP contribution in [0.4, 0.5) is 11.4 Å². The summed E-state index contributed by atoms with van der Waals surface area (Å²) in [5, 5.41) is 14.3. The zero-order chi connectivity index (χ0) is 28.5. The van der Waals surface area contributed by atoms with Crippen LogP contribution >= 0.6 is 0 Å². The smallest absolute Gasteiger partial charge is 0.300 e. The normalized spacial score (nSPS) is 16.8. The van der Waals surface area contributed by atoms with E-state index < -0.39 is 17.7 Å². The SMILES string of the molecule is COc1ccc(OC)c(/C(O)=C2\C(=O)C(=O)N(c3ccc(NC(C)=O)cc3)C2c2ccc(C(C)(C)C)cc2)c1. The molecule has 8 nitrogen and oxygen atoms in total. The van der Waals surface area contributed by atoms with Crippen molar-refractivity contribution in [1.82, 2.24) is 0 Å². The highest BCUT2D eigenvalue weighted by Crippen LogP contribution is 2.44. The summed E-state index contributed by atoms with van der Waals surface area (Å²) in [6.45, 7) is 7.69. The number of ether oxygens (including phenoxy) is 2. The van der Waals surface area contributed by atoms with Crippen molar-refractivity contribution in [1.29, 1.82) is 0 Å². The van der Waals surface area contributed by atoms with Gasteiger partial charge in [0.05, 0.1) is 31.4 Å². The fourth-order valence-corrected chi connectivity index (χ4v) is 4.63. The third-order valence-electron chi connectivity index (χ3n) is 6.66. The molecule has 1 heterocycles. The predicted molar refractivity (Wildman–Crippen MR) is 150 cm³/mol. The number of carbonyl (C=O) groups excluding carboxylic acids is 3. The van der Waals surface area contributed by atoms with Crippen molar-refractivity contribution in [3.05, 3.63) is 89.0 Å². The Kier molecular flexibility index (Phi) is 7.49. The molecule has 0 aromatic heterocycles. The number of aliphatic hydroxyl groups is 1. The van der Waals surface area contributed by atoms with Gasteiger partial charge in [0.2, 0.25) is 5.91 Å². The topological polar surface area (TPSA) is 105 Å². The number of carbonyl (C=O) groups is 3. The molecule has 2 amide bonds. The van der Waals surface area contributed by atoms with Crippen LogP contribution < -0.4 is 19.7 Å². The number of ketones is 1. The van der Waals surface area contributed by atoms with E-state index in [-0.39, 0.29) is 28.2 Å². The standard InChI is InChI=1S/C31H32N2O6/c1-18(34)32-21-11-13-22(14-12-21)33-27(19-7-9-20(10-8-19)31(2,3)4)26(29(36)30(33)37)28(35)24-17-23(38-5)15-16-25(24)39-6/h7-17,27,35H,1-6H3,(H,32,34)/b28-26+. The second kappa shape index (κ2) is 10.6. The molecule has 202 valence electrons. The molecular formula is C31H32N2O6. The van der Waals surface area contributed by atoms with E-state index in [4.69, 9.17) is 9.47 Å². The van der Waals surface area contributed by atoms with Crippen LogP contribution in [0.1, 0.15) is 50.4 Å². The minimum absolute atomic E-state index is 0.0685. The first-order valence-electron chi connectivity index (χ1n) is 12.5. The maximum atomic E-state index is 13.5. The van der Waals surface area contributed by atoms with Crippen LogP contribution in [0.25, 0.3) is 5.76 Å². The van der Waals surface area contributed by atoms with Crippen LogP contribution in [-0.4, -0.2) is 36.9 Å². The lowest BCUT2D eigenvalue weighted by Crippen LogP contribution is -2.29. The summed E-state index contributed by atoms with van der Waals surface area (Å²) in [6.07, 6.45) is 0. The number of anilines is 2. The molecule has 3 aromatic carbocycles. The van der Waals surface area contributed by atoms with Gasteiger partial charge < -0.3 is 19.9 Å². The molecule has 1 saturated heterocycles. The fraction of sp³-hybridized carbons (Fsp3) is 0.258. The molecule has 1 fully saturated rings. The third-order valence-corrected chi connectivity index (χ3v) is 6.66. The number of Topliss-reactive ketones (excluding diaryl/α,β-unsaturated/α-hetero) is 1. The minimum Gasteiger partial charge on any atom is -0.507 e. The van der Waals surface area contributed by atoms with Crippen LogP contribution in [0.3, 0.4) is 0 Å². The molecule has 1 unspecified atom stereocenters. The van der Waals surface area contributed by atoms with E-state index in [9.17, 15) is 19.5 Å². The van der Waals surface area contributed by atoms with E-state index in [1.54, 1.807) is 42.5 Å². The summed E-state index contributed by atoms with van der Waals surface area (Å²) in [4.78, 5) is 39.9. The van der Waals surface area contributed by atoms with Gasteiger partial charge >= 0.3 is 0 Å². The van der Waals surface area contributed by atoms with E-state index in [0.29, 0.717) is 28.4 Å². The first-order chi connectivity index (χ1) is 18.5. The molecule has 0 saturated carbocycles. The number of nitrogens with one attached hydrogen (secondary N) is 1. The number of methoxy groups -OCH3 is 2. The zero-order valence-electron chi connectivity index (χ0n) is 22.9. The van der Waals surface area contributed by atoms with Crippen molar-refractivity contribution in [2.45, 2.75) is 39.2 Å². The summed E-state index contributed by atoms with van der Waals surface area (Å²) in [5.41, 5.74) is 2.78. The molecule has 1 atom stereocenters. The van der Waals surface area contributed by atoms with Gasteiger partial charge in [0.25, 0.3) is 11.7 Å². The molecule has 8 heteroatoms. The Morgan fingerprint density at radius 1 is 0.923 bits per heavy atom. The van der Waals surface area contributed by atoms with Crippen LogP contribution in [0.5, 0.6) is 11.5 Å². The third kappa shape index (κ3) is 5.36. The first kappa shape index (κ1) is 27.4. The van der Waals surface area contributed by atoms with Crippen molar-refractivity contribution in [2.24, 2.45) is 0 Å². The Labute approximate surface area is 227 Å². The summed E-state index contributed by atoms with van der Waals surface area (Å²) in [6, 6.07) is 18.2. The molecular weight excluding hydrogens is 496 g/mol. The number of rotatable bonds is 6. The van der Waals surface area contributed by atoms with Gasteiger partial charge in [-0.25, -0.2) is 0 Å². The van der Waals surface area contributed by atoms with Crippen LogP contribution in [0.15, 0.2) is 72.3 Å². The Morgan fingerprint density at radius 2 is 1.56 bits per heavy atom. The number of aliphatic hydroxyl groups excluding tert-OH is 1. The van der Waals surface area contributed by atoms with Gasteiger partial charge in [0.15, 0.2) is 0 Å². The van der Waals surface area contributed by atoms with Gasteiger partial charge in [-0.2, -0.15) is 0 Å². The van der Waals surface area contributed by atoms with Crippen molar-refractivity contribution in [3.63, 3.8) is 0 Å². The van der Waals surface area contributed by atoms with Gasteiger partial charge in [-0.3, -0.25) is 19.3 Å². The zero-order valence-corrected chi connectivity index (χ0v) is 22.9. The Hall–Kier alpha value is -4.59. The van der Waals surface area contributed by atoms with Gasteiger partial charge in [-0.05, 0) is 59.0 Å². The lowest BCUT2D eigenvalue weighted by Gasteiger charge is -2.27. The first-order valence-corrected chi connectivity index (χ1v) is 12.5. The molecule has 39 heavy (non-hydrogen) atoms.